The van der Waals surface area contributed by atoms with Gasteiger partial charge in [0.1, 0.15) is 5.60 Å². The van der Waals surface area contributed by atoms with Crippen molar-refractivity contribution in [3.63, 3.8) is 0 Å². The Kier molecular flexibility index (Phi) is 12.3. The summed E-state index contributed by atoms with van der Waals surface area (Å²) in [6.07, 6.45) is 4.95. The molecule has 0 saturated heterocycles. The van der Waals surface area contributed by atoms with Gasteiger partial charge in [0.2, 0.25) is 17.4 Å². The number of amides is 2. The van der Waals surface area contributed by atoms with Gasteiger partial charge in [0.25, 0.3) is 0 Å². The Morgan fingerprint density at radius 1 is 0.771 bits per heavy atom. The molecule has 0 aliphatic rings. The number of hydrogen-bond donors (Lipinski definition) is 2. The number of carbonyl (C=O) groups excluding carboxylic acids is 2. The first-order valence-corrected chi connectivity index (χ1v) is 11.8. The minimum atomic E-state index is -0.496. The Bertz CT molecular complexity index is 889. The van der Waals surface area contributed by atoms with Crippen LogP contribution in [0.1, 0.15) is 64.5 Å². The fourth-order valence-corrected chi connectivity index (χ4v) is 3.52. The summed E-state index contributed by atoms with van der Waals surface area (Å²) in [4.78, 5) is 24.3. The fraction of sp³-hybridized carbons (Fsp3) is 0.615. The summed E-state index contributed by atoms with van der Waals surface area (Å²) in [5.41, 5.74) is 1.49. The monoisotopic (exact) mass is 494 g/mol. The van der Waals surface area contributed by atoms with E-state index in [-0.39, 0.29) is 5.91 Å². The van der Waals surface area contributed by atoms with Crippen LogP contribution in [0.25, 0.3) is 6.08 Å². The minimum absolute atomic E-state index is 0.160. The third kappa shape index (κ3) is 9.22. The molecule has 0 aliphatic carbocycles. The van der Waals surface area contributed by atoms with Crippen LogP contribution in [-0.4, -0.2) is 59.1 Å². The van der Waals surface area contributed by atoms with Crippen LogP contribution in [0.4, 0.5) is 4.79 Å². The molecule has 0 atom stereocenters. The highest BCUT2D eigenvalue weighted by molar-refractivity contribution is 5.98. The summed E-state index contributed by atoms with van der Waals surface area (Å²) in [5, 5.41) is 5.70. The van der Waals surface area contributed by atoms with Crippen molar-refractivity contribution in [1.82, 2.24) is 10.6 Å². The van der Waals surface area contributed by atoms with E-state index in [1.54, 1.807) is 27.2 Å². The average molecular weight is 495 g/mol. The minimum Gasteiger partial charge on any atom is -0.492 e. The maximum atomic E-state index is 12.6. The smallest absolute Gasteiger partial charge is 0.407 e. The lowest BCUT2D eigenvalue weighted by atomic mass is 10.0. The molecular weight excluding hydrogens is 452 g/mol. The maximum absolute atomic E-state index is 12.6. The molecule has 1 rings (SSSR count). The Morgan fingerprint density at radius 3 is 1.74 bits per heavy atom. The third-order valence-corrected chi connectivity index (χ3v) is 5.20. The van der Waals surface area contributed by atoms with E-state index in [1.165, 1.54) is 14.2 Å². The van der Waals surface area contributed by atoms with Gasteiger partial charge in [-0.3, -0.25) is 4.79 Å². The van der Waals surface area contributed by atoms with E-state index >= 15 is 0 Å². The summed E-state index contributed by atoms with van der Waals surface area (Å²) in [6, 6.07) is 0. The molecule has 0 unspecified atom stereocenters. The zero-order valence-electron chi connectivity index (χ0n) is 22.7. The van der Waals surface area contributed by atoms with Gasteiger partial charge in [-0.15, -0.1) is 0 Å². The number of ether oxygens (including phenoxy) is 5. The topological polar surface area (TPSA) is 104 Å². The summed E-state index contributed by atoms with van der Waals surface area (Å²) in [6.45, 7) is 10.3. The van der Waals surface area contributed by atoms with Gasteiger partial charge in [-0.05, 0) is 53.5 Å². The average Bonchev–Trinajstić information content (AvgIpc) is 2.79. The van der Waals surface area contributed by atoms with E-state index in [4.69, 9.17) is 23.7 Å². The summed E-state index contributed by atoms with van der Waals surface area (Å²) < 4.78 is 27.3. The Balaban J connectivity index is 2.63. The first kappa shape index (κ1) is 29.9. The van der Waals surface area contributed by atoms with E-state index in [0.29, 0.717) is 47.2 Å². The van der Waals surface area contributed by atoms with E-state index in [9.17, 15) is 9.59 Å². The number of nitrogens with one attached hydrogen (secondary N) is 2. The van der Waals surface area contributed by atoms with Crippen molar-refractivity contribution >= 4 is 18.1 Å². The Labute approximate surface area is 209 Å². The third-order valence-electron chi connectivity index (χ3n) is 5.20. The van der Waals surface area contributed by atoms with Gasteiger partial charge in [-0.2, -0.15) is 0 Å². The summed E-state index contributed by atoms with van der Waals surface area (Å²) in [5.74, 6) is 1.66. The zero-order valence-corrected chi connectivity index (χ0v) is 22.7. The second kappa shape index (κ2) is 14.3. The molecule has 9 nitrogen and oxygen atoms in total. The molecule has 2 N–H and O–H groups in total. The molecule has 35 heavy (non-hydrogen) atoms. The second-order valence-electron chi connectivity index (χ2n) is 9.10. The highest BCUT2D eigenvalue weighted by atomic mass is 16.6. The van der Waals surface area contributed by atoms with Crippen molar-refractivity contribution in [2.45, 2.75) is 65.9 Å². The van der Waals surface area contributed by atoms with Crippen LogP contribution in [0, 0.1) is 6.92 Å². The fourth-order valence-electron chi connectivity index (χ4n) is 3.52. The van der Waals surface area contributed by atoms with Crippen molar-refractivity contribution in [3.8, 4) is 23.0 Å². The first-order chi connectivity index (χ1) is 16.5. The lowest BCUT2D eigenvalue weighted by molar-refractivity contribution is -0.117. The van der Waals surface area contributed by atoms with E-state index < -0.39 is 11.7 Å². The molecule has 0 bridgehead atoms. The molecule has 2 amide bonds. The number of rotatable bonds is 13. The molecule has 0 saturated carbocycles. The molecule has 0 radical (unpaired) electrons. The molecule has 9 heteroatoms. The molecule has 0 aliphatic heterocycles. The molecule has 0 aromatic heterocycles. The predicted octanol–water partition coefficient (Wildman–Crippen LogP) is 4.63. The van der Waals surface area contributed by atoms with Crippen LogP contribution >= 0.6 is 0 Å². The zero-order chi connectivity index (χ0) is 26.6. The van der Waals surface area contributed by atoms with Gasteiger partial charge in [-0.1, -0.05) is 12.8 Å². The summed E-state index contributed by atoms with van der Waals surface area (Å²) >= 11 is 0. The van der Waals surface area contributed by atoms with Crippen LogP contribution < -0.4 is 29.6 Å². The van der Waals surface area contributed by atoms with Crippen molar-refractivity contribution in [2.24, 2.45) is 0 Å². The molecule has 198 valence electrons. The van der Waals surface area contributed by atoms with Gasteiger partial charge in [0, 0.05) is 29.8 Å². The number of hydrogen-bond acceptors (Lipinski definition) is 7. The van der Waals surface area contributed by atoms with Crippen LogP contribution in [0.15, 0.2) is 5.57 Å². The molecule has 0 heterocycles. The van der Waals surface area contributed by atoms with Gasteiger partial charge >= 0.3 is 6.09 Å². The number of methoxy groups -OCH3 is 4. The molecule has 0 fully saturated rings. The number of unbranched alkanes of at least 4 members (excludes halogenated alkanes) is 3. The van der Waals surface area contributed by atoms with E-state index in [2.05, 4.69) is 10.6 Å². The van der Waals surface area contributed by atoms with Gasteiger partial charge < -0.3 is 34.3 Å². The second-order valence-corrected chi connectivity index (χ2v) is 9.10. The van der Waals surface area contributed by atoms with Crippen LogP contribution in [0.2, 0.25) is 0 Å². The number of alkyl carbamates (subject to hydrolysis) is 1. The first-order valence-electron chi connectivity index (χ1n) is 11.8. The quantitative estimate of drug-likeness (QED) is 0.304. The molecule has 1 aromatic rings. The number of benzene rings is 1. The van der Waals surface area contributed by atoms with Crippen LogP contribution in [-0.2, 0) is 9.53 Å². The lowest BCUT2D eigenvalue weighted by Gasteiger charge is -2.20. The largest absolute Gasteiger partial charge is 0.492 e. The van der Waals surface area contributed by atoms with E-state index in [1.807, 2.05) is 27.7 Å². The van der Waals surface area contributed by atoms with E-state index in [0.717, 1.165) is 31.2 Å². The number of carbonyl (C=O) groups is 2. The van der Waals surface area contributed by atoms with Crippen molar-refractivity contribution in [1.29, 1.82) is 0 Å². The van der Waals surface area contributed by atoms with Crippen LogP contribution in [0.5, 0.6) is 23.0 Å². The predicted molar refractivity (Wildman–Crippen MR) is 137 cm³/mol. The SMILES string of the molecule is COc1c(C)c(/C=C(\C)C(=O)NCCCCCCNC(=O)OC(C)(C)C)c(OC)c(OC)c1OC. The van der Waals surface area contributed by atoms with Crippen molar-refractivity contribution in [2.75, 3.05) is 41.5 Å². The molecule has 1 aromatic carbocycles. The highest BCUT2D eigenvalue weighted by Crippen LogP contribution is 2.49. The standard InChI is InChI=1S/C26H42N2O7/c1-17(16-19-18(2)20(31-6)22(33-8)23(34-9)21(19)32-7)24(29)27-14-12-10-11-13-15-28-25(30)35-26(3,4)5/h16H,10-15H2,1-9H3,(H,27,29)(H,28,30)/b17-16+. The molecule has 0 spiro atoms. The Morgan fingerprint density at radius 2 is 1.26 bits per heavy atom. The Hall–Kier alpha value is -3.10. The van der Waals surface area contributed by atoms with Crippen molar-refractivity contribution in [3.05, 3.63) is 16.7 Å². The highest BCUT2D eigenvalue weighted by Gasteiger charge is 2.25. The molecular formula is C26H42N2O7. The normalized spacial score (nSPS) is 11.5. The van der Waals surface area contributed by atoms with Gasteiger partial charge in [0.15, 0.2) is 11.5 Å². The van der Waals surface area contributed by atoms with Gasteiger partial charge in [-0.25, -0.2) is 4.79 Å². The van der Waals surface area contributed by atoms with Gasteiger partial charge in [0.05, 0.1) is 28.4 Å². The summed E-state index contributed by atoms with van der Waals surface area (Å²) in [7, 11) is 6.15. The lowest BCUT2D eigenvalue weighted by Crippen LogP contribution is -2.33. The van der Waals surface area contributed by atoms with Crippen molar-refractivity contribution < 1.29 is 33.3 Å². The maximum Gasteiger partial charge on any atom is 0.407 e. The van der Waals surface area contributed by atoms with Crippen LogP contribution in [0.3, 0.4) is 0 Å².